The lowest BCUT2D eigenvalue weighted by atomic mass is 9.52. The first-order valence-corrected chi connectivity index (χ1v) is 9.53. The molecule has 3 N–H and O–H groups in total. The van der Waals surface area contributed by atoms with Gasteiger partial charge in [0.2, 0.25) is 0 Å². The maximum Gasteiger partial charge on any atom is 0.274 e. The minimum atomic E-state index is -2.14. The maximum atomic E-state index is 14.9. The lowest BCUT2D eigenvalue weighted by molar-refractivity contribution is 0.102. The molecule has 6 radical (unpaired) electrons. The molecule has 0 bridgehead atoms. The molecule has 3 rings (SSSR count). The number of hydrogen-bond acceptors (Lipinski definition) is 5. The molecule has 1 aliphatic heterocycles. The van der Waals surface area contributed by atoms with E-state index in [2.05, 4.69) is 15.3 Å². The number of carbonyl (C=O) groups excluding carboxylic acids is 1. The predicted molar refractivity (Wildman–Crippen MR) is 117 cm³/mol. The van der Waals surface area contributed by atoms with Crippen LogP contribution in [0.1, 0.15) is 36.3 Å². The van der Waals surface area contributed by atoms with Gasteiger partial charge in [-0.3, -0.25) is 9.79 Å². The number of alkyl halides is 2. The van der Waals surface area contributed by atoms with Crippen molar-refractivity contribution in [2.45, 2.75) is 42.9 Å². The maximum absolute atomic E-state index is 14.9. The van der Waals surface area contributed by atoms with Crippen LogP contribution in [-0.4, -0.2) is 57.4 Å². The summed E-state index contributed by atoms with van der Waals surface area (Å²) in [5, 5.41) is 0.621. The van der Waals surface area contributed by atoms with Gasteiger partial charge in [-0.05, 0) is 49.5 Å². The van der Waals surface area contributed by atoms with Gasteiger partial charge < -0.3 is 15.8 Å². The van der Waals surface area contributed by atoms with Gasteiger partial charge in [0.25, 0.3) is 5.91 Å². The molecule has 0 saturated heterocycles. The number of halogens is 3. The van der Waals surface area contributed by atoms with Crippen LogP contribution in [0.25, 0.3) is 0 Å². The zero-order valence-corrected chi connectivity index (χ0v) is 17.4. The molecule has 3 atom stereocenters. The Morgan fingerprint density at radius 1 is 1.28 bits per heavy atom. The van der Waals surface area contributed by atoms with Gasteiger partial charge in [-0.25, -0.2) is 18.2 Å². The molecular formula is C20H18B3F3N4O2. The number of nitrogens with one attached hydrogen (secondary N) is 1. The van der Waals surface area contributed by atoms with Crippen molar-refractivity contribution < 1.29 is 22.7 Å². The molecule has 0 spiro atoms. The summed E-state index contributed by atoms with van der Waals surface area (Å²) in [5.41, 5.74) is 1.71. The van der Waals surface area contributed by atoms with Crippen LogP contribution < -0.4 is 15.8 Å². The van der Waals surface area contributed by atoms with E-state index in [4.69, 9.17) is 34.0 Å². The van der Waals surface area contributed by atoms with Crippen molar-refractivity contribution in [3.8, 4) is 5.75 Å². The van der Waals surface area contributed by atoms with Crippen molar-refractivity contribution >= 4 is 41.0 Å². The van der Waals surface area contributed by atoms with Crippen molar-refractivity contribution in [1.82, 2.24) is 4.98 Å². The number of rotatable bonds is 5. The molecule has 1 aliphatic rings. The number of aromatic nitrogens is 1. The molecular weight excluding hydrogens is 418 g/mol. The highest BCUT2D eigenvalue weighted by molar-refractivity contribution is 6.58. The molecule has 6 nitrogen and oxygen atoms in total. The van der Waals surface area contributed by atoms with Crippen molar-refractivity contribution in [1.29, 1.82) is 0 Å². The number of amides is 1. The van der Waals surface area contributed by atoms with Crippen LogP contribution in [0.2, 0.25) is 0 Å². The Kier molecular flexibility index (Phi) is 6.10. The normalized spacial score (nSPS) is 25.7. The molecule has 0 unspecified atom stereocenters. The van der Waals surface area contributed by atoms with E-state index >= 15 is 0 Å². The Bertz CT molecular complexity index is 1060. The molecule has 2 aromatic rings. The Labute approximate surface area is 187 Å². The second kappa shape index (κ2) is 8.22. The molecule has 160 valence electrons. The summed E-state index contributed by atoms with van der Waals surface area (Å²) >= 11 is 0. The van der Waals surface area contributed by atoms with Crippen LogP contribution in [0.15, 0.2) is 41.5 Å². The Hall–Kier alpha value is -2.91. The fourth-order valence-corrected chi connectivity index (χ4v) is 3.27. The van der Waals surface area contributed by atoms with E-state index in [1.807, 2.05) is 0 Å². The van der Waals surface area contributed by atoms with Gasteiger partial charge in [-0.1, -0.05) is 0 Å². The van der Waals surface area contributed by atoms with Gasteiger partial charge in [0.15, 0.2) is 5.67 Å². The number of hydrogen-bond donors (Lipinski definition) is 2. The first-order valence-electron chi connectivity index (χ1n) is 9.53. The van der Waals surface area contributed by atoms with Crippen molar-refractivity contribution in [3.63, 3.8) is 0 Å². The molecule has 12 heteroatoms. The Morgan fingerprint density at radius 2 is 1.97 bits per heavy atom. The molecule has 0 fully saturated rings. The summed E-state index contributed by atoms with van der Waals surface area (Å²) < 4.78 is 48.8. The second-order valence-corrected chi connectivity index (χ2v) is 8.00. The smallest absolute Gasteiger partial charge is 0.274 e. The van der Waals surface area contributed by atoms with Crippen LogP contribution in [0, 0.1) is 5.82 Å². The van der Waals surface area contributed by atoms with Gasteiger partial charge in [0.05, 0.1) is 6.20 Å². The van der Waals surface area contributed by atoms with E-state index in [9.17, 15) is 18.0 Å². The highest BCUT2D eigenvalue weighted by Gasteiger charge is 2.49. The zero-order valence-electron chi connectivity index (χ0n) is 17.4. The summed E-state index contributed by atoms with van der Waals surface area (Å²) in [6.07, 6.45) is -1.24. The van der Waals surface area contributed by atoms with Crippen molar-refractivity contribution in [2.24, 2.45) is 10.7 Å². The zero-order chi connectivity index (χ0) is 23.9. The highest BCUT2D eigenvalue weighted by Crippen LogP contribution is 2.42. The number of pyridine rings is 1. The minimum absolute atomic E-state index is 0.0115. The van der Waals surface area contributed by atoms with Crippen LogP contribution in [0.5, 0.6) is 5.75 Å². The van der Waals surface area contributed by atoms with E-state index < -0.39 is 46.7 Å². The van der Waals surface area contributed by atoms with E-state index in [1.54, 1.807) is 0 Å². The number of ether oxygens (including phenoxy) is 1. The van der Waals surface area contributed by atoms with Crippen molar-refractivity contribution in [2.75, 3.05) is 5.32 Å². The molecule has 1 aromatic heterocycles. The van der Waals surface area contributed by atoms with Gasteiger partial charge in [-0.15, -0.1) is 0 Å². The van der Waals surface area contributed by atoms with E-state index in [1.165, 1.54) is 37.4 Å². The predicted octanol–water partition coefficient (Wildman–Crippen LogP) is 2.01. The van der Waals surface area contributed by atoms with Crippen LogP contribution >= 0.6 is 0 Å². The first kappa shape index (κ1) is 23.8. The lowest BCUT2D eigenvalue weighted by Crippen LogP contribution is -2.51. The van der Waals surface area contributed by atoms with Crippen molar-refractivity contribution in [3.05, 3.63) is 53.6 Å². The Balaban J connectivity index is 1.85. The molecule has 1 amide bonds. The largest absolute Gasteiger partial charge is 0.514 e. The quantitative estimate of drug-likeness (QED) is 0.703. The summed E-state index contributed by atoms with van der Waals surface area (Å²) in [5.74, 6) is -1.71. The number of anilines is 1. The molecule has 1 aromatic carbocycles. The monoisotopic (exact) mass is 436 g/mol. The molecule has 0 aliphatic carbocycles. The SMILES string of the molecule is [B]C([B])([B])Oc1ccc(C(=O)Nc2ccc(F)c([C@@]3(C)N=C(N)[C@](C)(F)C[C@@H]3F)c2)nc1. The van der Waals surface area contributed by atoms with Gasteiger partial charge in [0.1, 0.15) is 58.3 Å². The summed E-state index contributed by atoms with van der Waals surface area (Å²) in [4.78, 5) is 20.4. The first-order chi connectivity index (χ1) is 14.7. The third-order valence-electron chi connectivity index (χ3n) is 5.09. The third-order valence-corrected chi connectivity index (χ3v) is 5.09. The van der Waals surface area contributed by atoms with E-state index in [0.29, 0.717) is 0 Å². The number of nitrogens with zero attached hydrogens (tertiary/aromatic N) is 2. The average molecular weight is 436 g/mol. The van der Waals surface area contributed by atoms with Crippen LogP contribution in [0.3, 0.4) is 0 Å². The summed E-state index contributed by atoms with van der Waals surface area (Å²) in [6.45, 7) is 2.43. The van der Waals surface area contributed by atoms with Crippen LogP contribution in [-0.2, 0) is 5.54 Å². The number of amidine groups is 1. The van der Waals surface area contributed by atoms with E-state index in [0.717, 1.165) is 13.0 Å². The fraction of sp³-hybridized carbons (Fsp3) is 0.350. The molecule has 32 heavy (non-hydrogen) atoms. The molecule has 2 heterocycles. The number of carbonyl (C=O) groups is 1. The second-order valence-electron chi connectivity index (χ2n) is 8.00. The average Bonchev–Trinajstić information content (AvgIpc) is 2.67. The number of benzene rings is 1. The summed E-state index contributed by atoms with van der Waals surface area (Å²) in [6, 6.07) is 6.26. The third kappa shape index (κ3) is 4.94. The number of nitrogens with two attached hydrogens (primary N) is 1. The minimum Gasteiger partial charge on any atom is -0.514 e. The topological polar surface area (TPSA) is 89.6 Å². The fourth-order valence-electron chi connectivity index (χ4n) is 3.27. The highest BCUT2D eigenvalue weighted by atomic mass is 19.2. The standard InChI is InChI=1S/C20H18B3F3N4O2/c1-18(26)8-15(25)19(2,30-17(18)27)12-7-10(3-5-13(12)24)29-16(31)14-6-4-11(9-28-14)32-20(21,22)23/h3-7,9,15H,8H2,1-2H3,(H2,27,30)(H,29,31)/t15-,18+,19+/m0/s1. The van der Waals surface area contributed by atoms with Crippen LogP contribution in [0.4, 0.5) is 18.9 Å². The van der Waals surface area contributed by atoms with E-state index in [-0.39, 0.29) is 22.7 Å². The Morgan fingerprint density at radius 3 is 2.56 bits per heavy atom. The summed E-state index contributed by atoms with van der Waals surface area (Å²) in [7, 11) is 16.0. The van der Waals surface area contributed by atoms with Gasteiger partial charge in [-0.2, -0.15) is 0 Å². The lowest BCUT2D eigenvalue weighted by Gasteiger charge is -2.38. The van der Waals surface area contributed by atoms with Gasteiger partial charge >= 0.3 is 0 Å². The number of aliphatic imine (C=N–C) groups is 1. The molecule has 0 saturated carbocycles. The van der Waals surface area contributed by atoms with Gasteiger partial charge in [0, 0.05) is 17.7 Å².